The molecule has 0 bridgehead atoms. The van der Waals surface area contributed by atoms with Gasteiger partial charge in [0.15, 0.2) is 0 Å². The molecule has 3 heteroatoms. The number of rotatable bonds is 2. The number of halogens is 1. The van der Waals surface area contributed by atoms with Crippen LogP contribution in [-0.4, -0.2) is 11.9 Å². The monoisotopic (exact) mass is 255 g/mol. The van der Waals surface area contributed by atoms with Gasteiger partial charge in [-0.3, -0.25) is 4.79 Å². The molecule has 96 valence electrons. The zero-order chi connectivity index (χ0) is 13.2. The van der Waals surface area contributed by atoms with Crippen molar-refractivity contribution in [3.63, 3.8) is 0 Å². The summed E-state index contributed by atoms with van der Waals surface area (Å²) >= 11 is 0. The summed E-state index contributed by atoms with van der Waals surface area (Å²) in [6, 6.07) is 14.1. The van der Waals surface area contributed by atoms with Gasteiger partial charge in [0.05, 0.1) is 0 Å². The van der Waals surface area contributed by atoms with Crippen molar-refractivity contribution in [2.45, 2.75) is 18.9 Å². The lowest BCUT2D eigenvalue weighted by Crippen LogP contribution is -2.35. The lowest BCUT2D eigenvalue weighted by Gasteiger charge is -2.12. The van der Waals surface area contributed by atoms with Crippen molar-refractivity contribution >= 4 is 5.91 Å². The fraction of sp³-hybridized carbons (Fsp3) is 0.188. The van der Waals surface area contributed by atoms with Crippen LogP contribution < -0.4 is 5.32 Å². The first-order valence-corrected chi connectivity index (χ1v) is 6.35. The molecule has 0 saturated carbocycles. The molecule has 0 radical (unpaired) electrons. The molecule has 0 aliphatic heterocycles. The molecule has 0 heterocycles. The van der Waals surface area contributed by atoms with Gasteiger partial charge in [0.2, 0.25) is 0 Å². The topological polar surface area (TPSA) is 29.1 Å². The van der Waals surface area contributed by atoms with Crippen molar-refractivity contribution in [1.82, 2.24) is 5.32 Å². The molecule has 1 aliphatic carbocycles. The fourth-order valence-corrected chi connectivity index (χ4v) is 2.56. The van der Waals surface area contributed by atoms with Crippen LogP contribution in [0.25, 0.3) is 0 Å². The number of hydrogen-bond acceptors (Lipinski definition) is 1. The standard InChI is InChI=1S/C16H14FNO/c17-14-7-3-6-13(8-14)16(19)18-15-9-11-4-1-2-5-12(11)10-15/h1-8,15H,9-10H2,(H,18,19). The summed E-state index contributed by atoms with van der Waals surface area (Å²) in [6.07, 6.45) is 1.69. The van der Waals surface area contributed by atoms with E-state index in [-0.39, 0.29) is 17.8 Å². The van der Waals surface area contributed by atoms with Crippen LogP contribution in [-0.2, 0) is 12.8 Å². The van der Waals surface area contributed by atoms with E-state index in [0.29, 0.717) is 5.56 Å². The maximum atomic E-state index is 13.1. The van der Waals surface area contributed by atoms with Crippen molar-refractivity contribution in [3.05, 3.63) is 71.0 Å². The summed E-state index contributed by atoms with van der Waals surface area (Å²) in [5.41, 5.74) is 2.94. The Morgan fingerprint density at radius 3 is 2.37 bits per heavy atom. The van der Waals surface area contributed by atoms with E-state index in [2.05, 4.69) is 17.4 Å². The Balaban J connectivity index is 1.69. The molecule has 0 unspecified atom stereocenters. The number of fused-ring (bicyclic) bond motifs is 1. The first-order valence-electron chi connectivity index (χ1n) is 6.35. The second-order valence-corrected chi connectivity index (χ2v) is 4.86. The van der Waals surface area contributed by atoms with Gasteiger partial charge in [-0.1, -0.05) is 30.3 Å². The largest absolute Gasteiger partial charge is 0.349 e. The normalized spacial score (nSPS) is 14.2. The number of benzene rings is 2. The van der Waals surface area contributed by atoms with Crippen LogP contribution in [0.2, 0.25) is 0 Å². The first-order chi connectivity index (χ1) is 9.22. The lowest BCUT2D eigenvalue weighted by molar-refractivity contribution is 0.0938. The van der Waals surface area contributed by atoms with Gasteiger partial charge in [0.25, 0.3) is 5.91 Å². The highest BCUT2D eigenvalue weighted by atomic mass is 19.1. The zero-order valence-corrected chi connectivity index (χ0v) is 10.4. The second-order valence-electron chi connectivity index (χ2n) is 4.86. The van der Waals surface area contributed by atoms with Gasteiger partial charge in [0.1, 0.15) is 5.82 Å². The third-order valence-corrected chi connectivity index (χ3v) is 3.47. The van der Waals surface area contributed by atoms with E-state index in [4.69, 9.17) is 0 Å². The Labute approximate surface area is 111 Å². The van der Waals surface area contributed by atoms with Gasteiger partial charge >= 0.3 is 0 Å². The van der Waals surface area contributed by atoms with Crippen LogP contribution in [0.5, 0.6) is 0 Å². The van der Waals surface area contributed by atoms with E-state index in [1.807, 2.05) is 12.1 Å². The third-order valence-electron chi connectivity index (χ3n) is 3.47. The number of carbonyl (C=O) groups is 1. The predicted molar refractivity (Wildman–Crippen MR) is 71.5 cm³/mol. The maximum absolute atomic E-state index is 13.1. The summed E-state index contributed by atoms with van der Waals surface area (Å²) in [5.74, 6) is -0.598. The molecule has 0 spiro atoms. The summed E-state index contributed by atoms with van der Waals surface area (Å²) < 4.78 is 13.1. The molecule has 1 aliphatic rings. The van der Waals surface area contributed by atoms with Crippen LogP contribution in [0.1, 0.15) is 21.5 Å². The Morgan fingerprint density at radius 2 is 1.74 bits per heavy atom. The van der Waals surface area contributed by atoms with Crippen molar-refractivity contribution < 1.29 is 9.18 Å². The lowest BCUT2D eigenvalue weighted by atomic mass is 10.1. The molecular formula is C16H14FNO. The SMILES string of the molecule is O=C(NC1Cc2ccccc2C1)c1cccc(F)c1. The fourth-order valence-electron chi connectivity index (χ4n) is 2.56. The molecule has 19 heavy (non-hydrogen) atoms. The van der Waals surface area contributed by atoms with Crippen molar-refractivity contribution in [3.8, 4) is 0 Å². The molecule has 0 fully saturated rings. The molecule has 1 amide bonds. The van der Waals surface area contributed by atoms with Crippen LogP contribution in [0.3, 0.4) is 0 Å². The summed E-state index contributed by atoms with van der Waals surface area (Å²) in [7, 11) is 0. The van der Waals surface area contributed by atoms with Crippen molar-refractivity contribution in [2.75, 3.05) is 0 Å². The molecule has 0 atom stereocenters. The molecule has 2 aromatic carbocycles. The highest BCUT2D eigenvalue weighted by Crippen LogP contribution is 2.21. The second kappa shape index (κ2) is 4.84. The highest BCUT2D eigenvalue weighted by Gasteiger charge is 2.22. The Hall–Kier alpha value is -2.16. The average molecular weight is 255 g/mol. The molecule has 0 saturated heterocycles. The van der Waals surface area contributed by atoms with E-state index in [0.717, 1.165) is 12.8 Å². The number of carbonyl (C=O) groups excluding carboxylic acids is 1. The smallest absolute Gasteiger partial charge is 0.251 e. The van der Waals surface area contributed by atoms with Crippen LogP contribution in [0.15, 0.2) is 48.5 Å². The minimum Gasteiger partial charge on any atom is -0.349 e. The zero-order valence-electron chi connectivity index (χ0n) is 10.4. The number of nitrogens with one attached hydrogen (secondary N) is 1. The maximum Gasteiger partial charge on any atom is 0.251 e. The molecule has 0 aromatic heterocycles. The van der Waals surface area contributed by atoms with Gasteiger partial charge in [-0.25, -0.2) is 4.39 Å². The van der Waals surface area contributed by atoms with Crippen LogP contribution in [0, 0.1) is 5.82 Å². The van der Waals surface area contributed by atoms with E-state index in [1.54, 1.807) is 12.1 Å². The highest BCUT2D eigenvalue weighted by molar-refractivity contribution is 5.94. The minimum absolute atomic E-state index is 0.105. The van der Waals surface area contributed by atoms with Crippen LogP contribution in [0.4, 0.5) is 4.39 Å². The van der Waals surface area contributed by atoms with Crippen LogP contribution >= 0.6 is 0 Å². The van der Waals surface area contributed by atoms with Crippen molar-refractivity contribution in [2.24, 2.45) is 0 Å². The van der Waals surface area contributed by atoms with E-state index in [9.17, 15) is 9.18 Å². The third kappa shape index (κ3) is 2.50. The van der Waals surface area contributed by atoms with E-state index < -0.39 is 0 Å². The summed E-state index contributed by atoms with van der Waals surface area (Å²) in [4.78, 5) is 12.0. The van der Waals surface area contributed by atoms with Gasteiger partial charge in [0, 0.05) is 11.6 Å². The molecular weight excluding hydrogens is 241 g/mol. The average Bonchev–Trinajstić information content (AvgIpc) is 2.80. The van der Waals surface area contributed by atoms with Gasteiger partial charge in [-0.15, -0.1) is 0 Å². The summed E-state index contributed by atoms with van der Waals surface area (Å²) in [6.45, 7) is 0. The van der Waals surface area contributed by atoms with E-state index in [1.165, 1.54) is 23.3 Å². The molecule has 3 rings (SSSR count). The first kappa shape index (κ1) is 11.9. The van der Waals surface area contributed by atoms with Crippen molar-refractivity contribution in [1.29, 1.82) is 0 Å². The Kier molecular flexibility index (Phi) is 3.03. The molecule has 2 aromatic rings. The quantitative estimate of drug-likeness (QED) is 0.878. The Morgan fingerprint density at radius 1 is 1.05 bits per heavy atom. The van der Waals surface area contributed by atoms with E-state index >= 15 is 0 Å². The predicted octanol–water partition coefficient (Wildman–Crippen LogP) is 2.72. The number of amides is 1. The minimum atomic E-state index is -0.387. The molecule has 2 nitrogen and oxygen atoms in total. The Bertz CT molecular complexity index is 599. The summed E-state index contributed by atoms with van der Waals surface area (Å²) in [5, 5.41) is 2.96. The molecule has 1 N–H and O–H groups in total. The van der Waals surface area contributed by atoms with Gasteiger partial charge in [-0.2, -0.15) is 0 Å². The van der Waals surface area contributed by atoms with Gasteiger partial charge in [-0.05, 0) is 42.2 Å². The van der Waals surface area contributed by atoms with Gasteiger partial charge < -0.3 is 5.32 Å². The number of hydrogen-bond donors (Lipinski definition) is 1.